The molecule has 1 aliphatic rings. The highest BCUT2D eigenvalue weighted by Crippen LogP contribution is 2.41. The highest BCUT2D eigenvalue weighted by Gasteiger charge is 2.48. The Morgan fingerprint density at radius 3 is 2.62 bits per heavy atom. The first-order chi connectivity index (χ1) is 9.75. The van der Waals surface area contributed by atoms with Gasteiger partial charge in [0.25, 0.3) is 0 Å². The van der Waals surface area contributed by atoms with Gasteiger partial charge in [-0.2, -0.15) is 13.2 Å². The van der Waals surface area contributed by atoms with Gasteiger partial charge < -0.3 is 9.84 Å². The fourth-order valence-electron chi connectivity index (χ4n) is 1.99. The molecule has 1 heterocycles. The number of fused-ring (bicyclic) bond motifs is 1. The number of alkyl halides is 5. The Hall–Kier alpha value is -1.57. The number of aliphatic carboxylic acids is 1. The quantitative estimate of drug-likeness (QED) is 0.650. The zero-order valence-corrected chi connectivity index (χ0v) is 11.9. The van der Waals surface area contributed by atoms with Crippen LogP contribution in [0.1, 0.15) is 17.3 Å². The van der Waals surface area contributed by atoms with Crippen molar-refractivity contribution in [2.45, 2.75) is 18.5 Å². The summed E-state index contributed by atoms with van der Waals surface area (Å²) in [5, 5.41) is 8.78. The molecule has 2 unspecified atom stereocenters. The van der Waals surface area contributed by atoms with Gasteiger partial charge in [-0.1, -0.05) is 34.1 Å². The zero-order chi connectivity index (χ0) is 15.8. The fraction of sp³-hybridized carbons (Fsp3) is 0.308. The molecule has 0 aromatic heterocycles. The SMILES string of the molecule is O=C(O)C1=Cc2cccc(C(F)CBr)c2OC1C(F)(F)F. The molecule has 0 aliphatic carbocycles. The molecule has 1 N–H and O–H groups in total. The minimum atomic E-state index is -4.91. The van der Waals surface area contributed by atoms with Gasteiger partial charge >= 0.3 is 12.1 Å². The third kappa shape index (κ3) is 3.04. The van der Waals surface area contributed by atoms with E-state index in [-0.39, 0.29) is 22.2 Å². The summed E-state index contributed by atoms with van der Waals surface area (Å²) in [6.07, 6.45) is -8.22. The molecule has 0 bridgehead atoms. The van der Waals surface area contributed by atoms with Gasteiger partial charge in [0.05, 0.1) is 5.57 Å². The summed E-state index contributed by atoms with van der Waals surface area (Å²) in [5.41, 5.74) is -0.880. The van der Waals surface area contributed by atoms with Crippen molar-refractivity contribution in [1.82, 2.24) is 0 Å². The topological polar surface area (TPSA) is 46.5 Å². The Labute approximate surface area is 125 Å². The second kappa shape index (κ2) is 5.67. The maximum absolute atomic E-state index is 13.8. The van der Waals surface area contributed by atoms with E-state index in [0.717, 1.165) is 6.08 Å². The van der Waals surface area contributed by atoms with Crippen LogP contribution in [-0.4, -0.2) is 28.7 Å². The second-order valence-corrected chi connectivity index (χ2v) is 4.98. The lowest BCUT2D eigenvalue weighted by molar-refractivity contribution is -0.187. The van der Waals surface area contributed by atoms with Crippen molar-refractivity contribution >= 4 is 28.0 Å². The van der Waals surface area contributed by atoms with Crippen molar-refractivity contribution < 1.29 is 32.2 Å². The summed E-state index contributed by atoms with van der Waals surface area (Å²) < 4.78 is 57.4. The second-order valence-electron chi connectivity index (χ2n) is 4.33. The number of carboxylic acid groups (broad SMARTS) is 1. The number of carboxylic acids is 1. The van der Waals surface area contributed by atoms with Crippen LogP contribution in [0.3, 0.4) is 0 Å². The highest BCUT2D eigenvalue weighted by atomic mass is 79.9. The van der Waals surface area contributed by atoms with Gasteiger partial charge in [-0.15, -0.1) is 0 Å². The number of ether oxygens (including phenoxy) is 1. The van der Waals surface area contributed by atoms with E-state index in [1.165, 1.54) is 18.2 Å². The van der Waals surface area contributed by atoms with Crippen LogP contribution in [-0.2, 0) is 4.79 Å². The predicted octanol–water partition coefficient (Wildman–Crippen LogP) is 3.88. The van der Waals surface area contributed by atoms with E-state index >= 15 is 0 Å². The first-order valence-electron chi connectivity index (χ1n) is 5.77. The molecule has 0 saturated heterocycles. The fourth-order valence-corrected chi connectivity index (χ4v) is 2.34. The van der Waals surface area contributed by atoms with E-state index in [1.54, 1.807) is 0 Å². The smallest absolute Gasteiger partial charge is 0.430 e. The largest absolute Gasteiger partial charge is 0.478 e. The molecule has 0 radical (unpaired) electrons. The van der Waals surface area contributed by atoms with Crippen molar-refractivity contribution in [2.24, 2.45) is 0 Å². The lowest BCUT2D eigenvalue weighted by Crippen LogP contribution is -2.40. The molecule has 3 nitrogen and oxygen atoms in total. The molecule has 0 spiro atoms. The van der Waals surface area contributed by atoms with Crippen molar-refractivity contribution in [2.75, 3.05) is 5.33 Å². The number of rotatable bonds is 3. The Kier molecular flexibility index (Phi) is 4.27. The lowest BCUT2D eigenvalue weighted by Gasteiger charge is -2.28. The molecule has 1 aromatic rings. The molecule has 2 rings (SSSR count). The molecule has 0 saturated carbocycles. The first kappa shape index (κ1) is 15.8. The van der Waals surface area contributed by atoms with Gasteiger partial charge in [0.2, 0.25) is 6.10 Å². The van der Waals surface area contributed by atoms with Gasteiger partial charge in [-0.05, 0) is 6.08 Å². The van der Waals surface area contributed by atoms with Crippen LogP contribution >= 0.6 is 15.9 Å². The number of carbonyl (C=O) groups is 1. The van der Waals surface area contributed by atoms with Gasteiger partial charge in [0.1, 0.15) is 11.9 Å². The minimum Gasteiger partial charge on any atom is -0.478 e. The number of halogens is 5. The zero-order valence-electron chi connectivity index (χ0n) is 10.3. The Bertz CT molecular complexity index is 598. The van der Waals surface area contributed by atoms with Crippen molar-refractivity contribution in [3.05, 3.63) is 34.9 Å². The summed E-state index contributed by atoms with van der Waals surface area (Å²) in [7, 11) is 0. The maximum Gasteiger partial charge on any atom is 0.430 e. The average molecular weight is 369 g/mol. The van der Waals surface area contributed by atoms with Gasteiger partial charge in [0.15, 0.2) is 0 Å². The van der Waals surface area contributed by atoms with E-state index in [0.29, 0.717) is 0 Å². The number of hydrogen-bond donors (Lipinski definition) is 1. The van der Waals surface area contributed by atoms with E-state index in [1.807, 2.05) is 0 Å². The summed E-state index contributed by atoms with van der Waals surface area (Å²) in [4.78, 5) is 11.0. The molecular weight excluding hydrogens is 360 g/mol. The average Bonchev–Trinajstić information content (AvgIpc) is 2.43. The third-order valence-corrected chi connectivity index (χ3v) is 3.49. The summed E-state index contributed by atoms with van der Waals surface area (Å²) in [6, 6.07) is 4.10. The van der Waals surface area contributed by atoms with E-state index in [9.17, 15) is 22.4 Å². The molecule has 0 amide bonds. The van der Waals surface area contributed by atoms with Crippen molar-refractivity contribution in [3.8, 4) is 5.75 Å². The summed E-state index contributed by atoms with van der Waals surface area (Å²) in [5.74, 6) is -2.01. The molecule has 114 valence electrons. The van der Waals surface area contributed by atoms with Crippen LogP contribution in [0, 0.1) is 0 Å². The Morgan fingerprint density at radius 2 is 2.10 bits per heavy atom. The highest BCUT2D eigenvalue weighted by molar-refractivity contribution is 9.09. The van der Waals surface area contributed by atoms with E-state index in [4.69, 9.17) is 9.84 Å². The summed E-state index contributed by atoms with van der Waals surface area (Å²) >= 11 is 2.91. The summed E-state index contributed by atoms with van der Waals surface area (Å²) in [6.45, 7) is 0. The van der Waals surface area contributed by atoms with E-state index < -0.39 is 30.0 Å². The third-order valence-electron chi connectivity index (χ3n) is 2.92. The molecular formula is C13H9BrF4O3. The van der Waals surface area contributed by atoms with Crippen LogP contribution in [0.15, 0.2) is 23.8 Å². The van der Waals surface area contributed by atoms with Crippen LogP contribution in [0.4, 0.5) is 17.6 Å². The van der Waals surface area contributed by atoms with Crippen molar-refractivity contribution in [3.63, 3.8) is 0 Å². The van der Waals surface area contributed by atoms with Gasteiger partial charge in [-0.25, -0.2) is 9.18 Å². The van der Waals surface area contributed by atoms with E-state index in [2.05, 4.69) is 15.9 Å². The van der Waals surface area contributed by atoms with Crippen LogP contribution in [0.5, 0.6) is 5.75 Å². The maximum atomic E-state index is 13.8. The van der Waals surface area contributed by atoms with Crippen LogP contribution in [0.2, 0.25) is 0 Å². The standard InChI is InChI=1S/C13H9BrF4O3/c14-5-9(15)7-3-1-2-6-4-8(12(19)20)11(13(16,17)18)21-10(6)7/h1-4,9,11H,5H2,(H,19,20). The minimum absolute atomic E-state index is 0.0562. The Balaban J connectivity index is 2.58. The van der Waals surface area contributed by atoms with Gasteiger partial charge in [-0.3, -0.25) is 0 Å². The van der Waals surface area contributed by atoms with Crippen molar-refractivity contribution in [1.29, 1.82) is 0 Å². The Morgan fingerprint density at radius 1 is 1.43 bits per heavy atom. The molecule has 8 heteroatoms. The molecule has 1 aliphatic heterocycles. The monoisotopic (exact) mass is 368 g/mol. The molecule has 21 heavy (non-hydrogen) atoms. The number of hydrogen-bond acceptors (Lipinski definition) is 2. The van der Waals surface area contributed by atoms with Gasteiger partial charge in [0, 0.05) is 16.5 Å². The molecule has 1 aromatic carbocycles. The van der Waals surface area contributed by atoms with Crippen LogP contribution < -0.4 is 4.74 Å². The van der Waals surface area contributed by atoms with Crippen LogP contribution in [0.25, 0.3) is 6.08 Å². The number of para-hydroxylation sites is 1. The first-order valence-corrected chi connectivity index (χ1v) is 6.89. The normalized spacial score (nSPS) is 19.3. The molecule has 2 atom stereocenters. The number of benzene rings is 1. The predicted molar refractivity (Wildman–Crippen MR) is 70.2 cm³/mol. The molecule has 0 fully saturated rings. The lowest BCUT2D eigenvalue weighted by atomic mass is 9.97.